The lowest BCUT2D eigenvalue weighted by Crippen LogP contribution is -2.19. The monoisotopic (exact) mass is 238 g/mol. The van der Waals surface area contributed by atoms with Crippen LogP contribution in [0.1, 0.15) is 0 Å². The zero-order valence-corrected chi connectivity index (χ0v) is 8.71. The van der Waals surface area contributed by atoms with Crippen molar-refractivity contribution in [2.45, 2.75) is 0 Å². The van der Waals surface area contributed by atoms with Crippen LogP contribution in [0.5, 0.6) is 0 Å². The fraction of sp³-hybridized carbons (Fsp3) is 0.250. The van der Waals surface area contributed by atoms with E-state index in [0.717, 1.165) is 4.52 Å². The number of hydrogen-bond acceptors (Lipinski definition) is 6. The van der Waals surface area contributed by atoms with Crippen LogP contribution in [0.2, 0.25) is 0 Å². The number of amides is 1. The molecule has 0 aliphatic rings. The highest BCUT2D eigenvalue weighted by atomic mass is 16.5. The number of aromatic nitrogens is 4. The van der Waals surface area contributed by atoms with Crippen molar-refractivity contribution in [2.75, 3.05) is 18.5 Å². The molecule has 9 heteroatoms. The van der Waals surface area contributed by atoms with Crippen LogP contribution in [0.4, 0.5) is 10.6 Å². The molecule has 0 atom stereocenters. The van der Waals surface area contributed by atoms with E-state index in [1.54, 1.807) is 12.1 Å². The lowest BCUT2D eigenvalue weighted by Gasteiger charge is -2.04. The van der Waals surface area contributed by atoms with Gasteiger partial charge in [-0.1, -0.05) is 0 Å². The second-order valence-electron chi connectivity index (χ2n) is 3.11. The van der Waals surface area contributed by atoms with E-state index in [1.165, 1.54) is 0 Å². The third-order valence-electron chi connectivity index (χ3n) is 1.93. The minimum atomic E-state index is -0.832. The molecular formula is C8H10N6O3. The number of ether oxygens (including phenoxy) is 1. The SMILES string of the molecule is NC(=O)OCCNc1ccc2n[nH]c(=O)n2n1. The fourth-order valence-corrected chi connectivity index (χ4v) is 1.23. The summed E-state index contributed by atoms with van der Waals surface area (Å²) in [6.07, 6.45) is -0.832. The summed E-state index contributed by atoms with van der Waals surface area (Å²) in [5, 5.41) is 12.8. The van der Waals surface area contributed by atoms with E-state index in [2.05, 4.69) is 25.3 Å². The molecule has 90 valence electrons. The van der Waals surface area contributed by atoms with Gasteiger partial charge < -0.3 is 15.8 Å². The van der Waals surface area contributed by atoms with Gasteiger partial charge in [0.05, 0.1) is 6.54 Å². The quantitative estimate of drug-likeness (QED) is 0.581. The average molecular weight is 238 g/mol. The van der Waals surface area contributed by atoms with Crippen molar-refractivity contribution in [3.8, 4) is 0 Å². The number of fused-ring (bicyclic) bond motifs is 1. The van der Waals surface area contributed by atoms with E-state index < -0.39 is 11.8 Å². The third kappa shape index (κ3) is 2.51. The number of rotatable bonds is 4. The van der Waals surface area contributed by atoms with Crippen LogP contribution in [0.3, 0.4) is 0 Å². The van der Waals surface area contributed by atoms with Gasteiger partial charge in [-0.25, -0.2) is 14.7 Å². The number of nitrogens with two attached hydrogens (primary N) is 1. The molecule has 9 nitrogen and oxygen atoms in total. The lowest BCUT2D eigenvalue weighted by molar-refractivity contribution is 0.161. The Morgan fingerprint density at radius 1 is 1.59 bits per heavy atom. The Bertz CT molecular complexity index is 588. The van der Waals surface area contributed by atoms with Gasteiger partial charge in [-0.2, -0.15) is 9.61 Å². The lowest BCUT2D eigenvalue weighted by atomic mass is 10.5. The number of nitrogens with one attached hydrogen (secondary N) is 2. The molecule has 0 aliphatic heterocycles. The molecule has 17 heavy (non-hydrogen) atoms. The fourth-order valence-electron chi connectivity index (χ4n) is 1.23. The standard InChI is InChI=1S/C8H10N6O3/c9-7(15)17-4-3-10-5-1-2-6-11-12-8(16)14(6)13-5/h1-2H,3-4H2,(H2,9,15)(H,10,13)(H,12,16). The topological polar surface area (TPSA) is 127 Å². The van der Waals surface area contributed by atoms with Gasteiger partial charge in [0.1, 0.15) is 12.4 Å². The van der Waals surface area contributed by atoms with Gasteiger partial charge in [0.25, 0.3) is 0 Å². The first-order valence-electron chi connectivity index (χ1n) is 4.77. The highest BCUT2D eigenvalue weighted by molar-refractivity contribution is 5.64. The summed E-state index contributed by atoms with van der Waals surface area (Å²) in [6, 6.07) is 3.28. The summed E-state index contributed by atoms with van der Waals surface area (Å²) < 4.78 is 5.64. The first-order valence-corrected chi connectivity index (χ1v) is 4.77. The maximum Gasteiger partial charge on any atom is 0.404 e. The molecule has 0 unspecified atom stereocenters. The molecule has 0 spiro atoms. The Labute approximate surface area is 94.6 Å². The Balaban J connectivity index is 2.01. The molecule has 0 radical (unpaired) electrons. The summed E-state index contributed by atoms with van der Waals surface area (Å²) in [5.74, 6) is 0.467. The summed E-state index contributed by atoms with van der Waals surface area (Å²) in [5.41, 5.74) is 4.80. The van der Waals surface area contributed by atoms with Crippen LogP contribution in [-0.4, -0.2) is 39.1 Å². The zero-order chi connectivity index (χ0) is 12.3. The molecule has 1 amide bonds. The number of carbonyl (C=O) groups excluding carboxylic acids is 1. The molecule has 0 fully saturated rings. The molecule has 2 rings (SSSR count). The van der Waals surface area contributed by atoms with Gasteiger partial charge in [0.2, 0.25) is 0 Å². The Morgan fingerprint density at radius 2 is 2.41 bits per heavy atom. The van der Waals surface area contributed by atoms with Crippen molar-refractivity contribution in [2.24, 2.45) is 5.73 Å². The molecule has 0 saturated heterocycles. The van der Waals surface area contributed by atoms with E-state index >= 15 is 0 Å². The summed E-state index contributed by atoms with van der Waals surface area (Å²) in [7, 11) is 0. The predicted octanol–water partition coefficient (Wildman–Crippen LogP) is -1.08. The first kappa shape index (κ1) is 10.9. The molecular weight excluding hydrogens is 228 g/mol. The molecule has 4 N–H and O–H groups in total. The molecule has 0 aliphatic carbocycles. The van der Waals surface area contributed by atoms with E-state index in [-0.39, 0.29) is 6.61 Å². The number of primary amides is 1. The van der Waals surface area contributed by atoms with E-state index in [0.29, 0.717) is 18.0 Å². The molecule has 0 aromatic carbocycles. The molecule has 0 bridgehead atoms. The molecule has 0 saturated carbocycles. The van der Waals surface area contributed by atoms with Gasteiger partial charge in [-0.15, -0.1) is 5.10 Å². The maximum absolute atomic E-state index is 11.2. The van der Waals surface area contributed by atoms with Crippen molar-refractivity contribution in [3.05, 3.63) is 22.6 Å². The minimum absolute atomic E-state index is 0.120. The number of H-pyrrole nitrogens is 1. The van der Waals surface area contributed by atoms with Gasteiger partial charge in [-0.05, 0) is 12.1 Å². The van der Waals surface area contributed by atoms with Crippen LogP contribution in [0, 0.1) is 0 Å². The highest BCUT2D eigenvalue weighted by Gasteiger charge is 2.02. The predicted molar refractivity (Wildman–Crippen MR) is 57.6 cm³/mol. The van der Waals surface area contributed by atoms with Crippen LogP contribution in [0.15, 0.2) is 16.9 Å². The molecule has 2 aromatic rings. The van der Waals surface area contributed by atoms with Crippen molar-refractivity contribution < 1.29 is 9.53 Å². The maximum atomic E-state index is 11.2. The first-order chi connectivity index (χ1) is 8.16. The highest BCUT2D eigenvalue weighted by Crippen LogP contribution is 2.01. The van der Waals surface area contributed by atoms with Gasteiger partial charge in [0.15, 0.2) is 5.65 Å². The van der Waals surface area contributed by atoms with E-state index in [1.807, 2.05) is 0 Å². The van der Waals surface area contributed by atoms with Crippen molar-refractivity contribution in [3.63, 3.8) is 0 Å². The second-order valence-corrected chi connectivity index (χ2v) is 3.11. The average Bonchev–Trinajstić information content (AvgIpc) is 2.66. The third-order valence-corrected chi connectivity index (χ3v) is 1.93. The zero-order valence-electron chi connectivity index (χ0n) is 8.71. The smallest absolute Gasteiger partial charge is 0.404 e. The minimum Gasteiger partial charge on any atom is -0.448 e. The van der Waals surface area contributed by atoms with E-state index in [9.17, 15) is 9.59 Å². The normalized spacial score (nSPS) is 10.4. The van der Waals surface area contributed by atoms with Crippen LogP contribution >= 0.6 is 0 Å². The number of nitrogens with zero attached hydrogens (tertiary/aromatic N) is 3. The second kappa shape index (κ2) is 4.51. The Hall–Kier alpha value is -2.58. The Kier molecular flexibility index (Phi) is 2.90. The van der Waals surface area contributed by atoms with Crippen molar-refractivity contribution >= 4 is 17.6 Å². The molecule has 2 heterocycles. The van der Waals surface area contributed by atoms with Crippen molar-refractivity contribution in [1.82, 2.24) is 19.8 Å². The summed E-state index contributed by atoms with van der Waals surface area (Å²) >= 11 is 0. The number of carbonyl (C=O) groups is 1. The number of anilines is 1. The van der Waals surface area contributed by atoms with Crippen LogP contribution in [0.25, 0.3) is 5.65 Å². The number of hydrogen-bond donors (Lipinski definition) is 3. The largest absolute Gasteiger partial charge is 0.448 e. The van der Waals surface area contributed by atoms with Gasteiger partial charge in [0, 0.05) is 0 Å². The summed E-state index contributed by atoms with van der Waals surface area (Å²) in [4.78, 5) is 21.5. The Morgan fingerprint density at radius 3 is 3.18 bits per heavy atom. The summed E-state index contributed by atoms with van der Waals surface area (Å²) in [6.45, 7) is 0.462. The van der Waals surface area contributed by atoms with Gasteiger partial charge in [-0.3, -0.25) is 0 Å². The van der Waals surface area contributed by atoms with E-state index in [4.69, 9.17) is 5.73 Å². The number of aromatic amines is 1. The van der Waals surface area contributed by atoms with Crippen molar-refractivity contribution in [1.29, 1.82) is 0 Å². The van der Waals surface area contributed by atoms with Crippen LogP contribution in [-0.2, 0) is 4.74 Å². The molecule has 2 aromatic heterocycles. The van der Waals surface area contributed by atoms with Gasteiger partial charge >= 0.3 is 11.8 Å². The van der Waals surface area contributed by atoms with Crippen LogP contribution < -0.4 is 16.7 Å².